The molecule has 29 heavy (non-hydrogen) atoms. The summed E-state index contributed by atoms with van der Waals surface area (Å²) in [5, 5.41) is 9.84. The molecule has 3 aromatic rings. The van der Waals surface area contributed by atoms with E-state index in [2.05, 4.69) is 22.0 Å². The Labute approximate surface area is 176 Å². The number of anilines is 1. The van der Waals surface area contributed by atoms with Crippen LogP contribution in [0.15, 0.2) is 46.3 Å². The zero-order chi connectivity index (χ0) is 20.2. The fraction of sp³-hybridized carbons (Fsp3) is 0.400. The fourth-order valence-electron chi connectivity index (χ4n) is 3.62. The topological polar surface area (TPSA) is 81.8 Å². The van der Waals surface area contributed by atoms with Crippen LogP contribution in [-0.2, 0) is 11.3 Å². The summed E-state index contributed by atoms with van der Waals surface area (Å²) in [6, 6.07) is 4.07. The lowest BCUT2D eigenvalue weighted by molar-refractivity contribution is -0.115. The fourth-order valence-corrected chi connectivity index (χ4v) is 5.34. The molecule has 0 unspecified atom stereocenters. The molecule has 1 amide bonds. The summed E-state index contributed by atoms with van der Waals surface area (Å²) in [4.78, 5) is 29.7. The molecule has 1 saturated carbocycles. The van der Waals surface area contributed by atoms with Crippen LogP contribution in [0, 0.1) is 0 Å². The zero-order valence-corrected chi connectivity index (χ0v) is 17.7. The Morgan fingerprint density at radius 3 is 3.00 bits per heavy atom. The molecule has 0 saturated heterocycles. The summed E-state index contributed by atoms with van der Waals surface area (Å²) in [7, 11) is 0. The van der Waals surface area contributed by atoms with Crippen LogP contribution in [0.2, 0.25) is 0 Å². The van der Waals surface area contributed by atoms with E-state index in [-0.39, 0.29) is 11.5 Å². The number of rotatable bonds is 8. The molecule has 4 rings (SSSR count). The highest BCUT2D eigenvalue weighted by Gasteiger charge is 2.20. The number of thiophene rings is 1. The molecule has 9 heteroatoms. The van der Waals surface area contributed by atoms with Gasteiger partial charge in [0.1, 0.15) is 10.5 Å². The first-order valence-electron chi connectivity index (χ1n) is 9.72. The van der Waals surface area contributed by atoms with Crippen LogP contribution in [0.25, 0.3) is 10.2 Å². The van der Waals surface area contributed by atoms with E-state index in [1.165, 1.54) is 35.9 Å². The Kier molecular flexibility index (Phi) is 6.15. The standard InChI is InChI=1S/C20H23N5O2S2/c1-2-11-24-19(27)18-15(8-12-28-18)22-20(24)29-13-9-17(26)23-16-7-10-21-25(16)14-5-3-4-6-14/h2,7-8,10,12,14H,1,3-6,9,11,13H2,(H,23,26). The van der Waals surface area contributed by atoms with Crippen LogP contribution in [0.4, 0.5) is 5.82 Å². The molecule has 0 atom stereocenters. The van der Waals surface area contributed by atoms with Gasteiger partial charge in [0.05, 0.1) is 17.8 Å². The maximum Gasteiger partial charge on any atom is 0.272 e. The van der Waals surface area contributed by atoms with Crippen LogP contribution in [-0.4, -0.2) is 31.0 Å². The van der Waals surface area contributed by atoms with Crippen molar-refractivity contribution >= 4 is 45.0 Å². The van der Waals surface area contributed by atoms with Gasteiger partial charge in [-0.1, -0.05) is 30.7 Å². The van der Waals surface area contributed by atoms with Gasteiger partial charge < -0.3 is 5.32 Å². The number of nitrogens with zero attached hydrogens (tertiary/aromatic N) is 4. The van der Waals surface area contributed by atoms with Gasteiger partial charge in [0.25, 0.3) is 5.56 Å². The van der Waals surface area contributed by atoms with Crippen LogP contribution >= 0.6 is 23.1 Å². The van der Waals surface area contributed by atoms with Crippen molar-refractivity contribution < 1.29 is 4.79 Å². The molecule has 1 fully saturated rings. The lowest BCUT2D eigenvalue weighted by Crippen LogP contribution is -2.22. The number of aromatic nitrogens is 4. The van der Waals surface area contributed by atoms with Gasteiger partial charge in [-0.15, -0.1) is 17.9 Å². The average molecular weight is 430 g/mol. The number of allylic oxidation sites excluding steroid dienone is 1. The molecule has 3 heterocycles. The van der Waals surface area contributed by atoms with Crippen molar-refractivity contribution in [3.8, 4) is 0 Å². The van der Waals surface area contributed by atoms with Crippen LogP contribution in [0.5, 0.6) is 0 Å². The quantitative estimate of drug-likeness (QED) is 0.331. The second-order valence-electron chi connectivity index (χ2n) is 6.98. The van der Waals surface area contributed by atoms with Gasteiger partial charge in [-0.25, -0.2) is 9.67 Å². The van der Waals surface area contributed by atoms with E-state index >= 15 is 0 Å². The third kappa shape index (κ3) is 4.30. The average Bonchev–Trinajstić information content (AvgIpc) is 3.45. The first kappa shape index (κ1) is 19.9. The molecule has 7 nitrogen and oxygen atoms in total. The van der Waals surface area contributed by atoms with Crippen molar-refractivity contribution in [3.05, 3.63) is 46.7 Å². The van der Waals surface area contributed by atoms with Gasteiger partial charge >= 0.3 is 0 Å². The van der Waals surface area contributed by atoms with Gasteiger partial charge in [-0.2, -0.15) is 5.10 Å². The van der Waals surface area contributed by atoms with Crippen LogP contribution in [0.1, 0.15) is 38.1 Å². The molecule has 1 aliphatic rings. The number of hydrogen-bond donors (Lipinski definition) is 1. The Morgan fingerprint density at radius 1 is 1.38 bits per heavy atom. The largest absolute Gasteiger partial charge is 0.311 e. The van der Waals surface area contributed by atoms with Gasteiger partial charge in [0, 0.05) is 24.8 Å². The number of nitrogens with one attached hydrogen (secondary N) is 1. The van der Waals surface area contributed by atoms with Gasteiger partial charge in [0.2, 0.25) is 5.91 Å². The van der Waals surface area contributed by atoms with Crippen molar-refractivity contribution in [2.24, 2.45) is 0 Å². The molecule has 152 valence electrons. The van der Waals surface area contributed by atoms with Gasteiger partial charge in [0.15, 0.2) is 5.16 Å². The number of carbonyl (C=O) groups is 1. The minimum absolute atomic E-state index is 0.0580. The predicted molar refractivity (Wildman–Crippen MR) is 118 cm³/mol. The van der Waals surface area contributed by atoms with Crippen molar-refractivity contribution in [1.29, 1.82) is 0 Å². The van der Waals surface area contributed by atoms with E-state index in [9.17, 15) is 9.59 Å². The monoisotopic (exact) mass is 429 g/mol. The van der Waals surface area contributed by atoms with E-state index in [0.717, 1.165) is 18.7 Å². The van der Waals surface area contributed by atoms with E-state index in [1.807, 2.05) is 22.2 Å². The van der Waals surface area contributed by atoms with E-state index in [4.69, 9.17) is 0 Å². The molecule has 1 N–H and O–H groups in total. The molecule has 3 aromatic heterocycles. The molecule has 0 spiro atoms. The smallest absolute Gasteiger partial charge is 0.272 e. The minimum atomic E-state index is -0.0634. The Bertz CT molecular complexity index is 1080. The zero-order valence-electron chi connectivity index (χ0n) is 16.0. The van der Waals surface area contributed by atoms with Crippen molar-refractivity contribution in [2.45, 2.75) is 49.8 Å². The predicted octanol–water partition coefficient (Wildman–Crippen LogP) is 4.08. The molecule has 1 aliphatic carbocycles. The molecule has 0 bridgehead atoms. The summed E-state index contributed by atoms with van der Waals surface area (Å²) >= 11 is 2.81. The summed E-state index contributed by atoms with van der Waals surface area (Å²) in [5.74, 6) is 1.22. The van der Waals surface area contributed by atoms with E-state index in [1.54, 1.807) is 16.8 Å². The van der Waals surface area contributed by atoms with Crippen LogP contribution in [0.3, 0.4) is 0 Å². The number of carbonyl (C=O) groups excluding carboxylic acids is 1. The first-order chi connectivity index (χ1) is 14.2. The van der Waals surface area contributed by atoms with Crippen molar-refractivity contribution in [3.63, 3.8) is 0 Å². The Balaban J connectivity index is 1.40. The first-order valence-corrected chi connectivity index (χ1v) is 11.6. The number of hydrogen-bond acceptors (Lipinski definition) is 6. The van der Waals surface area contributed by atoms with Crippen molar-refractivity contribution in [2.75, 3.05) is 11.1 Å². The Morgan fingerprint density at radius 2 is 2.21 bits per heavy atom. The third-order valence-electron chi connectivity index (χ3n) is 5.01. The van der Waals surface area contributed by atoms with Crippen LogP contribution < -0.4 is 10.9 Å². The second kappa shape index (κ2) is 8.96. The SMILES string of the molecule is C=CCn1c(SCCC(=O)Nc2ccnn2C2CCCC2)nc2ccsc2c1=O. The summed E-state index contributed by atoms with van der Waals surface area (Å²) in [6.45, 7) is 4.13. The van der Waals surface area contributed by atoms with Gasteiger partial charge in [-0.3, -0.25) is 14.2 Å². The lowest BCUT2D eigenvalue weighted by atomic mass is 10.2. The maximum atomic E-state index is 12.7. The molecular weight excluding hydrogens is 406 g/mol. The number of fused-ring (bicyclic) bond motifs is 1. The molecular formula is C20H23N5O2S2. The highest BCUT2D eigenvalue weighted by Crippen LogP contribution is 2.31. The Hall–Kier alpha value is -2.39. The summed E-state index contributed by atoms with van der Waals surface area (Å²) < 4.78 is 4.20. The highest BCUT2D eigenvalue weighted by molar-refractivity contribution is 7.99. The minimum Gasteiger partial charge on any atom is -0.311 e. The van der Waals surface area contributed by atoms with E-state index < -0.39 is 0 Å². The third-order valence-corrected chi connectivity index (χ3v) is 6.88. The molecule has 0 aromatic carbocycles. The highest BCUT2D eigenvalue weighted by atomic mass is 32.2. The second-order valence-corrected chi connectivity index (χ2v) is 8.96. The molecule has 0 radical (unpaired) electrons. The van der Waals surface area contributed by atoms with E-state index in [0.29, 0.717) is 40.1 Å². The van der Waals surface area contributed by atoms with Gasteiger partial charge in [-0.05, 0) is 24.3 Å². The summed E-state index contributed by atoms with van der Waals surface area (Å²) in [6.07, 6.45) is 8.38. The number of amides is 1. The lowest BCUT2D eigenvalue weighted by Gasteiger charge is -2.14. The maximum absolute atomic E-state index is 12.7. The number of thioether (sulfide) groups is 1. The summed E-state index contributed by atoms with van der Waals surface area (Å²) in [5.41, 5.74) is 0.644. The normalized spacial score (nSPS) is 14.5. The van der Waals surface area contributed by atoms with Crippen molar-refractivity contribution in [1.82, 2.24) is 19.3 Å². The molecule has 0 aliphatic heterocycles.